The summed E-state index contributed by atoms with van der Waals surface area (Å²) in [6.07, 6.45) is -1.00. The number of aryl methyl sites for hydroxylation is 1. The highest BCUT2D eigenvalue weighted by Gasteiger charge is 2.51. The monoisotopic (exact) mass is 380 g/mol. The van der Waals surface area contributed by atoms with Gasteiger partial charge >= 0.3 is 0 Å². The lowest BCUT2D eigenvalue weighted by Crippen LogP contribution is -2.35. The van der Waals surface area contributed by atoms with Crippen molar-refractivity contribution in [1.29, 1.82) is 0 Å². The van der Waals surface area contributed by atoms with Gasteiger partial charge in [0.05, 0.1) is 31.2 Å². The van der Waals surface area contributed by atoms with Crippen molar-refractivity contribution in [2.45, 2.75) is 20.0 Å². The third-order valence-corrected chi connectivity index (χ3v) is 5.18. The first-order valence-corrected chi connectivity index (χ1v) is 8.81. The van der Waals surface area contributed by atoms with Crippen LogP contribution in [0.4, 0.5) is 5.69 Å². The number of nitrogens with one attached hydrogen (secondary N) is 1. The van der Waals surface area contributed by atoms with Crippen LogP contribution in [0.15, 0.2) is 42.0 Å². The van der Waals surface area contributed by atoms with Crippen molar-refractivity contribution < 1.29 is 23.9 Å². The minimum atomic E-state index is -1.00. The summed E-state index contributed by atoms with van der Waals surface area (Å²) in [6, 6.07) is 10.8. The zero-order valence-electron chi connectivity index (χ0n) is 16.0. The van der Waals surface area contributed by atoms with E-state index in [9.17, 15) is 9.59 Å². The Bertz CT molecular complexity index is 1030. The molecule has 2 amide bonds. The average molecular weight is 380 g/mol. The molecule has 0 aliphatic carbocycles. The molecule has 2 heterocycles. The number of amides is 2. The number of carbonyl (C=O) groups excluding carboxylic acids is 2. The number of para-hydroxylation sites is 1. The smallest absolute Gasteiger partial charge is 0.270 e. The Morgan fingerprint density at radius 1 is 1.04 bits per heavy atom. The number of anilines is 1. The third kappa shape index (κ3) is 2.47. The second kappa shape index (κ2) is 6.69. The topological polar surface area (TPSA) is 77.1 Å². The maximum Gasteiger partial charge on any atom is 0.270 e. The molecule has 0 unspecified atom stereocenters. The van der Waals surface area contributed by atoms with E-state index in [1.165, 1.54) is 19.1 Å². The molecule has 1 atom stereocenters. The number of benzene rings is 2. The molecule has 2 aliphatic heterocycles. The Morgan fingerprint density at radius 3 is 2.50 bits per heavy atom. The fourth-order valence-corrected chi connectivity index (χ4v) is 3.58. The SMILES string of the molecule is COc1cccc(C2=C3C(=O)N(c4cccc(C)c4C)C(=O)[C@H]3ON2)c1OC. The number of fused-ring (bicyclic) bond motifs is 1. The fraction of sp³-hybridized carbons (Fsp3) is 0.238. The summed E-state index contributed by atoms with van der Waals surface area (Å²) in [5.74, 6) is 0.142. The number of imide groups is 1. The zero-order valence-corrected chi connectivity index (χ0v) is 16.0. The molecule has 1 fully saturated rings. The first-order chi connectivity index (χ1) is 13.5. The van der Waals surface area contributed by atoms with Crippen LogP contribution < -0.4 is 19.9 Å². The van der Waals surface area contributed by atoms with E-state index in [-0.39, 0.29) is 5.57 Å². The molecule has 2 aromatic carbocycles. The molecule has 28 heavy (non-hydrogen) atoms. The lowest BCUT2D eigenvalue weighted by Gasteiger charge is -2.19. The number of hydroxylamine groups is 1. The van der Waals surface area contributed by atoms with Crippen molar-refractivity contribution in [2.75, 3.05) is 19.1 Å². The van der Waals surface area contributed by atoms with Crippen LogP contribution in [-0.4, -0.2) is 32.1 Å². The Morgan fingerprint density at radius 2 is 1.79 bits per heavy atom. The van der Waals surface area contributed by atoms with Crippen molar-refractivity contribution in [3.05, 3.63) is 58.7 Å². The number of nitrogens with zero attached hydrogens (tertiary/aromatic N) is 1. The zero-order chi connectivity index (χ0) is 20.0. The molecule has 0 spiro atoms. The van der Waals surface area contributed by atoms with Crippen LogP contribution in [0.2, 0.25) is 0 Å². The molecule has 2 aromatic rings. The molecule has 0 aromatic heterocycles. The molecular formula is C21H20N2O5. The van der Waals surface area contributed by atoms with Crippen LogP contribution in [0.3, 0.4) is 0 Å². The summed E-state index contributed by atoms with van der Waals surface area (Å²) in [5.41, 5.74) is 6.43. The van der Waals surface area contributed by atoms with Gasteiger partial charge in [0.15, 0.2) is 17.6 Å². The van der Waals surface area contributed by atoms with Crippen molar-refractivity contribution in [3.8, 4) is 11.5 Å². The Kier molecular flexibility index (Phi) is 4.31. The van der Waals surface area contributed by atoms with E-state index in [2.05, 4.69) is 5.48 Å². The number of carbonyl (C=O) groups is 2. The number of hydrogen-bond donors (Lipinski definition) is 1. The Labute approximate surface area is 162 Å². The van der Waals surface area contributed by atoms with Gasteiger partial charge in [-0.25, -0.2) is 4.90 Å². The maximum absolute atomic E-state index is 13.3. The van der Waals surface area contributed by atoms with Crippen molar-refractivity contribution >= 4 is 23.2 Å². The van der Waals surface area contributed by atoms with Gasteiger partial charge in [-0.05, 0) is 43.2 Å². The van der Waals surface area contributed by atoms with Crippen molar-refractivity contribution in [2.24, 2.45) is 0 Å². The molecule has 1 saturated heterocycles. The van der Waals surface area contributed by atoms with E-state index < -0.39 is 17.9 Å². The number of hydrogen-bond acceptors (Lipinski definition) is 6. The van der Waals surface area contributed by atoms with Gasteiger partial charge in [-0.1, -0.05) is 18.2 Å². The minimum Gasteiger partial charge on any atom is -0.493 e. The molecule has 0 radical (unpaired) electrons. The standard InChI is InChI=1S/C21H20N2O5/c1-11-7-5-9-14(12(11)2)23-20(24)16-17(22-28-19(16)21(23)25)13-8-6-10-15(26-3)18(13)27-4/h5-10,19,22H,1-4H3/t19-/m0/s1. The van der Waals surface area contributed by atoms with Crippen LogP contribution in [0.1, 0.15) is 16.7 Å². The number of methoxy groups -OCH3 is 2. The van der Waals surface area contributed by atoms with Crippen LogP contribution >= 0.6 is 0 Å². The highest BCUT2D eigenvalue weighted by molar-refractivity contribution is 6.33. The summed E-state index contributed by atoms with van der Waals surface area (Å²) >= 11 is 0. The summed E-state index contributed by atoms with van der Waals surface area (Å²) in [7, 11) is 3.05. The van der Waals surface area contributed by atoms with Crippen molar-refractivity contribution in [1.82, 2.24) is 5.48 Å². The third-order valence-electron chi connectivity index (χ3n) is 5.18. The van der Waals surface area contributed by atoms with E-state index in [0.717, 1.165) is 11.1 Å². The van der Waals surface area contributed by atoms with Gasteiger partial charge in [-0.15, -0.1) is 0 Å². The predicted octanol–water partition coefficient (Wildman–Crippen LogP) is 2.51. The molecule has 7 heteroatoms. The predicted molar refractivity (Wildman–Crippen MR) is 103 cm³/mol. The summed E-state index contributed by atoms with van der Waals surface area (Å²) in [5, 5.41) is 0. The van der Waals surface area contributed by atoms with E-state index in [1.807, 2.05) is 26.0 Å². The molecular weight excluding hydrogens is 360 g/mol. The average Bonchev–Trinajstić information content (AvgIpc) is 3.24. The normalized spacial score (nSPS) is 18.4. The fourth-order valence-electron chi connectivity index (χ4n) is 3.58. The molecule has 144 valence electrons. The Hall–Kier alpha value is -3.32. The summed E-state index contributed by atoms with van der Waals surface area (Å²) in [4.78, 5) is 32.9. The van der Waals surface area contributed by atoms with E-state index in [0.29, 0.717) is 28.4 Å². The van der Waals surface area contributed by atoms with Gasteiger partial charge in [-0.2, -0.15) is 0 Å². The quantitative estimate of drug-likeness (QED) is 0.822. The first-order valence-electron chi connectivity index (χ1n) is 8.81. The van der Waals surface area contributed by atoms with Gasteiger partial charge in [0.1, 0.15) is 0 Å². The van der Waals surface area contributed by atoms with E-state index >= 15 is 0 Å². The number of ether oxygens (including phenoxy) is 2. The van der Waals surface area contributed by atoms with Gasteiger partial charge < -0.3 is 9.47 Å². The molecule has 0 bridgehead atoms. The second-order valence-electron chi connectivity index (χ2n) is 6.63. The van der Waals surface area contributed by atoms with E-state index in [1.54, 1.807) is 24.3 Å². The highest BCUT2D eigenvalue weighted by atomic mass is 16.7. The first kappa shape index (κ1) is 18.1. The lowest BCUT2D eigenvalue weighted by molar-refractivity contribution is -0.127. The number of rotatable bonds is 4. The van der Waals surface area contributed by atoms with Gasteiger partial charge in [0.2, 0.25) is 0 Å². The van der Waals surface area contributed by atoms with Gasteiger partial charge in [-0.3, -0.25) is 19.9 Å². The van der Waals surface area contributed by atoms with Crippen LogP contribution in [0.5, 0.6) is 11.5 Å². The summed E-state index contributed by atoms with van der Waals surface area (Å²) < 4.78 is 10.8. The maximum atomic E-state index is 13.3. The van der Waals surface area contributed by atoms with Gasteiger partial charge in [0, 0.05) is 5.56 Å². The Balaban J connectivity index is 1.86. The molecule has 2 aliphatic rings. The van der Waals surface area contributed by atoms with E-state index in [4.69, 9.17) is 14.3 Å². The molecule has 0 saturated carbocycles. The van der Waals surface area contributed by atoms with Crippen LogP contribution in [-0.2, 0) is 14.4 Å². The summed E-state index contributed by atoms with van der Waals surface area (Å²) in [6.45, 7) is 3.83. The van der Waals surface area contributed by atoms with Crippen LogP contribution in [0, 0.1) is 13.8 Å². The van der Waals surface area contributed by atoms with Crippen molar-refractivity contribution in [3.63, 3.8) is 0 Å². The molecule has 7 nitrogen and oxygen atoms in total. The molecule has 4 rings (SSSR count). The molecule has 1 N–H and O–H groups in total. The lowest BCUT2D eigenvalue weighted by atomic mass is 10.0. The van der Waals surface area contributed by atoms with Crippen LogP contribution in [0.25, 0.3) is 5.70 Å². The largest absolute Gasteiger partial charge is 0.493 e. The second-order valence-corrected chi connectivity index (χ2v) is 6.63. The van der Waals surface area contributed by atoms with Gasteiger partial charge in [0.25, 0.3) is 11.8 Å². The highest BCUT2D eigenvalue weighted by Crippen LogP contribution is 2.41. The minimum absolute atomic E-state index is 0.262.